The molecule has 2 atom stereocenters. The Morgan fingerprint density at radius 1 is 1.45 bits per heavy atom. The Hall–Kier alpha value is -1.43. The number of likely N-dealkylation sites (tertiary alicyclic amines) is 1. The van der Waals surface area contributed by atoms with Crippen LogP contribution in [0.15, 0.2) is 23.4 Å². The standard InChI is InChI=1S/C16H24N2O3S/c1-12-7-8-17-14(10-12)22(20)13-6-5-9-18(11-13)15(19)21-16(2,3)4/h7-8,10,13H,5-6,9,11H2,1-4H3/t13-,22-/m0/s1. The van der Waals surface area contributed by atoms with Crippen molar-refractivity contribution in [1.29, 1.82) is 0 Å². The molecule has 1 aliphatic rings. The molecule has 1 amide bonds. The van der Waals surface area contributed by atoms with E-state index in [1.165, 1.54) is 0 Å². The maximum atomic E-state index is 12.7. The number of ether oxygens (including phenoxy) is 1. The molecular weight excluding hydrogens is 300 g/mol. The molecule has 2 rings (SSSR count). The molecule has 5 nitrogen and oxygen atoms in total. The topological polar surface area (TPSA) is 59.5 Å². The molecule has 22 heavy (non-hydrogen) atoms. The van der Waals surface area contributed by atoms with Crippen molar-refractivity contribution in [2.75, 3.05) is 13.1 Å². The van der Waals surface area contributed by atoms with Crippen molar-refractivity contribution in [2.24, 2.45) is 0 Å². The van der Waals surface area contributed by atoms with E-state index in [9.17, 15) is 9.00 Å². The molecule has 2 heterocycles. The van der Waals surface area contributed by atoms with Crippen molar-refractivity contribution in [3.63, 3.8) is 0 Å². The zero-order valence-electron chi connectivity index (χ0n) is 13.7. The third-order valence-electron chi connectivity index (χ3n) is 3.43. The molecule has 0 N–H and O–H groups in total. The molecule has 0 spiro atoms. The molecule has 122 valence electrons. The summed E-state index contributed by atoms with van der Waals surface area (Å²) in [6.07, 6.45) is 3.02. The zero-order chi connectivity index (χ0) is 16.3. The van der Waals surface area contributed by atoms with Crippen LogP contribution in [-0.4, -0.2) is 44.1 Å². The second-order valence-corrected chi connectivity index (χ2v) is 8.34. The fourth-order valence-corrected chi connectivity index (χ4v) is 3.90. The molecule has 1 aromatic rings. The van der Waals surface area contributed by atoms with Crippen LogP contribution in [0.1, 0.15) is 39.2 Å². The van der Waals surface area contributed by atoms with Crippen molar-refractivity contribution < 1.29 is 13.7 Å². The molecule has 1 aliphatic heterocycles. The predicted octanol–water partition coefficient (Wildman–Crippen LogP) is 2.90. The number of hydrogen-bond acceptors (Lipinski definition) is 4. The van der Waals surface area contributed by atoms with E-state index in [-0.39, 0.29) is 11.3 Å². The first-order valence-corrected chi connectivity index (χ1v) is 8.79. The number of aryl methyl sites for hydroxylation is 1. The molecule has 1 fully saturated rings. The lowest BCUT2D eigenvalue weighted by molar-refractivity contribution is 0.0219. The van der Waals surface area contributed by atoms with Crippen LogP contribution in [-0.2, 0) is 15.5 Å². The van der Waals surface area contributed by atoms with E-state index in [1.807, 2.05) is 39.8 Å². The van der Waals surface area contributed by atoms with Gasteiger partial charge in [0.05, 0.1) is 16.0 Å². The van der Waals surface area contributed by atoms with Crippen LogP contribution in [0.3, 0.4) is 0 Å². The van der Waals surface area contributed by atoms with Gasteiger partial charge >= 0.3 is 6.09 Å². The van der Waals surface area contributed by atoms with E-state index in [4.69, 9.17) is 4.74 Å². The minimum atomic E-state index is -1.20. The average molecular weight is 324 g/mol. The summed E-state index contributed by atoms with van der Waals surface area (Å²) in [5, 5.41) is 0.506. The van der Waals surface area contributed by atoms with Gasteiger partial charge in [0.25, 0.3) is 0 Å². The summed E-state index contributed by atoms with van der Waals surface area (Å²) in [7, 11) is -1.20. The first kappa shape index (κ1) is 16.9. The minimum Gasteiger partial charge on any atom is -0.444 e. The molecule has 0 bridgehead atoms. The Morgan fingerprint density at radius 2 is 2.18 bits per heavy atom. The fraction of sp³-hybridized carbons (Fsp3) is 0.625. The van der Waals surface area contributed by atoms with Crippen LogP contribution in [0.4, 0.5) is 4.79 Å². The Labute approximate surface area is 134 Å². The smallest absolute Gasteiger partial charge is 0.410 e. The molecule has 0 saturated carbocycles. The highest BCUT2D eigenvalue weighted by Crippen LogP contribution is 2.21. The Morgan fingerprint density at radius 3 is 2.82 bits per heavy atom. The van der Waals surface area contributed by atoms with Crippen molar-refractivity contribution in [3.05, 3.63) is 23.9 Å². The van der Waals surface area contributed by atoms with Crippen LogP contribution in [0, 0.1) is 6.92 Å². The van der Waals surface area contributed by atoms with Crippen molar-refractivity contribution >= 4 is 16.9 Å². The second-order valence-electron chi connectivity index (χ2n) is 6.66. The number of carbonyl (C=O) groups excluding carboxylic acids is 1. The molecular formula is C16H24N2O3S. The van der Waals surface area contributed by atoms with Gasteiger partial charge in [-0.05, 0) is 58.2 Å². The van der Waals surface area contributed by atoms with E-state index in [2.05, 4.69) is 4.98 Å². The summed E-state index contributed by atoms with van der Waals surface area (Å²) in [5.74, 6) is 0. The number of hydrogen-bond donors (Lipinski definition) is 0. The first-order chi connectivity index (χ1) is 10.3. The SMILES string of the molecule is Cc1ccnc([S@@](=O)[C@H]2CCCN(C(=O)OC(C)(C)C)C2)c1. The minimum absolute atomic E-state index is 0.0874. The van der Waals surface area contributed by atoms with Gasteiger partial charge in [0.1, 0.15) is 10.6 Å². The Balaban J connectivity index is 2.04. The number of nitrogens with zero attached hydrogens (tertiary/aromatic N) is 2. The van der Waals surface area contributed by atoms with Crippen molar-refractivity contribution in [1.82, 2.24) is 9.88 Å². The van der Waals surface area contributed by atoms with Crippen LogP contribution in [0.5, 0.6) is 0 Å². The highest BCUT2D eigenvalue weighted by Gasteiger charge is 2.31. The van der Waals surface area contributed by atoms with Gasteiger partial charge in [-0.3, -0.25) is 4.21 Å². The number of rotatable bonds is 2. The summed E-state index contributed by atoms with van der Waals surface area (Å²) < 4.78 is 18.1. The largest absolute Gasteiger partial charge is 0.444 e. The van der Waals surface area contributed by atoms with Crippen LogP contribution in [0.2, 0.25) is 0 Å². The highest BCUT2D eigenvalue weighted by molar-refractivity contribution is 7.85. The lowest BCUT2D eigenvalue weighted by Crippen LogP contribution is -2.45. The number of amides is 1. The summed E-state index contributed by atoms with van der Waals surface area (Å²) >= 11 is 0. The fourth-order valence-electron chi connectivity index (χ4n) is 2.39. The Bertz CT molecular complexity index is 569. The second kappa shape index (κ2) is 6.77. The Kier molecular flexibility index (Phi) is 5.21. The lowest BCUT2D eigenvalue weighted by atomic mass is 10.1. The van der Waals surface area contributed by atoms with Gasteiger partial charge in [-0.15, -0.1) is 0 Å². The molecule has 6 heteroatoms. The normalized spacial score (nSPS) is 20.5. The van der Waals surface area contributed by atoms with E-state index in [0.717, 1.165) is 18.4 Å². The average Bonchev–Trinajstić information content (AvgIpc) is 2.45. The maximum Gasteiger partial charge on any atom is 0.410 e. The van der Waals surface area contributed by atoms with Gasteiger partial charge in [-0.25, -0.2) is 9.78 Å². The van der Waals surface area contributed by atoms with Crippen LogP contribution < -0.4 is 0 Å². The van der Waals surface area contributed by atoms with Gasteiger partial charge in [0.15, 0.2) is 0 Å². The summed E-state index contributed by atoms with van der Waals surface area (Å²) in [5.41, 5.74) is 0.527. The van der Waals surface area contributed by atoms with Crippen molar-refractivity contribution in [2.45, 2.75) is 56.4 Å². The van der Waals surface area contributed by atoms with Crippen molar-refractivity contribution in [3.8, 4) is 0 Å². The van der Waals surface area contributed by atoms with E-state index in [1.54, 1.807) is 11.1 Å². The zero-order valence-corrected chi connectivity index (χ0v) is 14.5. The summed E-state index contributed by atoms with van der Waals surface area (Å²) in [4.78, 5) is 18.0. The molecule has 1 saturated heterocycles. The van der Waals surface area contributed by atoms with Gasteiger partial charge in [-0.1, -0.05) is 0 Å². The quantitative estimate of drug-likeness (QED) is 0.839. The van der Waals surface area contributed by atoms with Crippen LogP contribution in [0.25, 0.3) is 0 Å². The van der Waals surface area contributed by atoms with Gasteiger partial charge < -0.3 is 9.64 Å². The highest BCUT2D eigenvalue weighted by atomic mass is 32.2. The van der Waals surface area contributed by atoms with E-state index >= 15 is 0 Å². The number of aromatic nitrogens is 1. The third kappa shape index (κ3) is 4.53. The summed E-state index contributed by atoms with van der Waals surface area (Å²) in [6, 6.07) is 3.73. The molecule has 0 aliphatic carbocycles. The predicted molar refractivity (Wildman–Crippen MR) is 86.2 cm³/mol. The molecule has 0 radical (unpaired) electrons. The van der Waals surface area contributed by atoms with Gasteiger partial charge in [0, 0.05) is 19.3 Å². The van der Waals surface area contributed by atoms with E-state index in [0.29, 0.717) is 18.1 Å². The molecule has 0 unspecified atom stereocenters. The van der Waals surface area contributed by atoms with Crippen LogP contribution >= 0.6 is 0 Å². The van der Waals surface area contributed by atoms with Gasteiger partial charge in [-0.2, -0.15) is 0 Å². The maximum absolute atomic E-state index is 12.7. The molecule has 0 aromatic carbocycles. The monoisotopic (exact) mass is 324 g/mol. The van der Waals surface area contributed by atoms with E-state index < -0.39 is 16.4 Å². The summed E-state index contributed by atoms with van der Waals surface area (Å²) in [6.45, 7) is 8.61. The number of pyridine rings is 1. The molecule has 1 aromatic heterocycles. The first-order valence-electron chi connectivity index (χ1n) is 7.57. The lowest BCUT2D eigenvalue weighted by Gasteiger charge is -2.33. The third-order valence-corrected chi connectivity index (χ3v) is 5.05. The van der Waals surface area contributed by atoms with Gasteiger partial charge in [0.2, 0.25) is 0 Å². The number of piperidine rings is 1. The number of carbonyl (C=O) groups is 1.